The largest absolute Gasteiger partial charge is 0.365 e. The van der Waals surface area contributed by atoms with Crippen molar-refractivity contribution in [1.82, 2.24) is 25.2 Å². The fraction of sp³-hybridized carbons (Fsp3) is 0.364. The first kappa shape index (κ1) is 20.8. The molecule has 3 heterocycles. The number of benzene rings is 1. The second-order valence-electron chi connectivity index (χ2n) is 7.61. The van der Waals surface area contributed by atoms with Crippen molar-refractivity contribution >= 4 is 11.8 Å². The molecule has 0 saturated carbocycles. The maximum atomic E-state index is 12.4. The zero-order chi connectivity index (χ0) is 21.6. The molecule has 9 heteroatoms. The van der Waals surface area contributed by atoms with Gasteiger partial charge in [0.25, 0.3) is 5.91 Å². The fourth-order valence-corrected chi connectivity index (χ4v) is 3.43. The standard InChI is InChI=1S/C22H25N5O4/c1-16-10-24-27(12-16)14-18-9-20(25-31-18)22(29)23-11-19-13-26(21(28)15-30-19)8-7-17-5-3-2-4-6-17/h2-6,9-10,12,19H,7-8,11,13-15H2,1H3,(H,23,29). The van der Waals surface area contributed by atoms with Crippen LogP contribution in [0.15, 0.2) is 53.3 Å². The lowest BCUT2D eigenvalue weighted by atomic mass is 10.1. The second kappa shape index (κ2) is 9.57. The lowest BCUT2D eigenvalue weighted by Gasteiger charge is -2.32. The quantitative estimate of drug-likeness (QED) is 0.588. The van der Waals surface area contributed by atoms with E-state index < -0.39 is 0 Å². The Kier molecular flexibility index (Phi) is 6.42. The average Bonchev–Trinajstić information content (AvgIpc) is 3.42. The number of carbonyl (C=O) groups excluding carboxylic acids is 2. The van der Waals surface area contributed by atoms with Crippen molar-refractivity contribution in [3.8, 4) is 0 Å². The minimum atomic E-state index is -0.344. The molecule has 1 aliphatic rings. The first-order valence-corrected chi connectivity index (χ1v) is 10.2. The van der Waals surface area contributed by atoms with Crippen LogP contribution < -0.4 is 5.32 Å². The van der Waals surface area contributed by atoms with E-state index in [1.165, 1.54) is 5.56 Å². The number of hydrogen-bond donors (Lipinski definition) is 1. The van der Waals surface area contributed by atoms with Gasteiger partial charge in [-0.2, -0.15) is 5.10 Å². The molecule has 1 N–H and O–H groups in total. The molecular weight excluding hydrogens is 398 g/mol. The van der Waals surface area contributed by atoms with Crippen LogP contribution in [-0.4, -0.2) is 64.0 Å². The number of morpholine rings is 1. The van der Waals surface area contributed by atoms with Crippen molar-refractivity contribution in [3.05, 3.63) is 71.4 Å². The van der Waals surface area contributed by atoms with E-state index in [1.54, 1.807) is 21.8 Å². The Bertz CT molecular complexity index is 1030. The number of aryl methyl sites for hydroxylation is 1. The third-order valence-electron chi connectivity index (χ3n) is 5.09. The molecule has 9 nitrogen and oxygen atoms in total. The molecule has 0 aliphatic carbocycles. The van der Waals surface area contributed by atoms with Gasteiger partial charge in [-0.25, -0.2) is 0 Å². The molecule has 1 aliphatic heterocycles. The van der Waals surface area contributed by atoms with E-state index in [1.807, 2.05) is 43.5 Å². The molecule has 2 aromatic heterocycles. The van der Waals surface area contributed by atoms with Gasteiger partial charge >= 0.3 is 0 Å². The summed E-state index contributed by atoms with van der Waals surface area (Å²) in [6, 6.07) is 11.6. The van der Waals surface area contributed by atoms with Crippen LogP contribution in [0.2, 0.25) is 0 Å². The Balaban J connectivity index is 1.25. The van der Waals surface area contributed by atoms with E-state index >= 15 is 0 Å². The molecule has 2 amide bonds. The Labute approximate surface area is 180 Å². The molecule has 31 heavy (non-hydrogen) atoms. The monoisotopic (exact) mass is 423 g/mol. The highest BCUT2D eigenvalue weighted by Crippen LogP contribution is 2.10. The predicted octanol–water partition coefficient (Wildman–Crippen LogP) is 1.43. The SMILES string of the molecule is Cc1cnn(Cc2cc(C(=O)NCC3CN(CCc4ccccc4)C(=O)CO3)no2)c1. The number of carbonyl (C=O) groups is 2. The number of rotatable bonds is 8. The minimum Gasteiger partial charge on any atom is -0.365 e. The second-order valence-corrected chi connectivity index (χ2v) is 7.61. The molecule has 1 saturated heterocycles. The van der Waals surface area contributed by atoms with Crippen molar-refractivity contribution in [2.45, 2.75) is 26.0 Å². The van der Waals surface area contributed by atoms with E-state index in [0.717, 1.165) is 12.0 Å². The number of aromatic nitrogens is 3. The van der Waals surface area contributed by atoms with Crippen molar-refractivity contribution in [3.63, 3.8) is 0 Å². The van der Waals surface area contributed by atoms with Crippen LogP contribution >= 0.6 is 0 Å². The molecule has 3 aromatic rings. The van der Waals surface area contributed by atoms with Gasteiger partial charge in [-0.1, -0.05) is 35.5 Å². The van der Waals surface area contributed by atoms with E-state index in [4.69, 9.17) is 9.26 Å². The normalized spacial score (nSPS) is 16.5. The lowest BCUT2D eigenvalue weighted by molar-refractivity contribution is -0.148. The first-order valence-electron chi connectivity index (χ1n) is 10.2. The Morgan fingerprint density at radius 1 is 1.29 bits per heavy atom. The predicted molar refractivity (Wildman–Crippen MR) is 111 cm³/mol. The number of ether oxygens (including phenoxy) is 1. The van der Waals surface area contributed by atoms with E-state index in [2.05, 4.69) is 15.6 Å². The van der Waals surface area contributed by atoms with Crippen LogP contribution in [0, 0.1) is 6.92 Å². The van der Waals surface area contributed by atoms with Crippen molar-refractivity contribution in [2.75, 3.05) is 26.2 Å². The average molecular weight is 423 g/mol. The van der Waals surface area contributed by atoms with Gasteiger partial charge in [0.15, 0.2) is 11.5 Å². The summed E-state index contributed by atoms with van der Waals surface area (Å²) in [6.07, 6.45) is 4.15. The lowest BCUT2D eigenvalue weighted by Crippen LogP contribution is -2.51. The van der Waals surface area contributed by atoms with Crippen LogP contribution in [0.3, 0.4) is 0 Å². The van der Waals surface area contributed by atoms with Crippen LogP contribution in [0.25, 0.3) is 0 Å². The summed E-state index contributed by atoms with van der Waals surface area (Å²) in [5.74, 6) is 0.163. The van der Waals surface area contributed by atoms with Crippen LogP contribution in [0.1, 0.15) is 27.4 Å². The fourth-order valence-electron chi connectivity index (χ4n) is 3.43. The zero-order valence-corrected chi connectivity index (χ0v) is 17.4. The van der Waals surface area contributed by atoms with Gasteiger partial charge in [0.05, 0.1) is 12.3 Å². The van der Waals surface area contributed by atoms with Gasteiger partial charge in [-0.05, 0) is 24.5 Å². The van der Waals surface area contributed by atoms with Crippen LogP contribution in [0.5, 0.6) is 0 Å². The summed E-state index contributed by atoms with van der Waals surface area (Å²) >= 11 is 0. The highest BCUT2D eigenvalue weighted by molar-refractivity contribution is 5.92. The topological polar surface area (TPSA) is 102 Å². The summed E-state index contributed by atoms with van der Waals surface area (Å²) in [4.78, 5) is 26.4. The Hall–Kier alpha value is -3.46. The minimum absolute atomic E-state index is 0.0206. The zero-order valence-electron chi connectivity index (χ0n) is 17.4. The molecule has 0 radical (unpaired) electrons. The maximum Gasteiger partial charge on any atom is 0.273 e. The summed E-state index contributed by atoms with van der Waals surface area (Å²) < 4.78 is 12.5. The molecule has 0 bridgehead atoms. The van der Waals surface area contributed by atoms with Gasteiger partial charge in [-0.3, -0.25) is 14.3 Å². The van der Waals surface area contributed by atoms with Gasteiger partial charge in [0.2, 0.25) is 5.91 Å². The van der Waals surface area contributed by atoms with Crippen LogP contribution in [0.4, 0.5) is 0 Å². The summed E-state index contributed by atoms with van der Waals surface area (Å²) in [5, 5.41) is 10.8. The smallest absolute Gasteiger partial charge is 0.273 e. The van der Waals surface area contributed by atoms with Gasteiger partial charge < -0.3 is 19.5 Å². The number of hydrogen-bond acceptors (Lipinski definition) is 6. The Morgan fingerprint density at radius 2 is 2.13 bits per heavy atom. The van der Waals surface area contributed by atoms with E-state index in [0.29, 0.717) is 25.4 Å². The first-order chi connectivity index (χ1) is 15.1. The summed E-state index contributed by atoms with van der Waals surface area (Å²) in [7, 11) is 0. The molecule has 162 valence electrons. The number of nitrogens with zero attached hydrogens (tertiary/aromatic N) is 4. The molecule has 1 atom stereocenters. The van der Waals surface area contributed by atoms with Gasteiger partial charge in [-0.15, -0.1) is 0 Å². The Morgan fingerprint density at radius 3 is 2.90 bits per heavy atom. The molecule has 1 unspecified atom stereocenters. The molecule has 0 spiro atoms. The molecule has 4 rings (SSSR count). The third-order valence-corrected chi connectivity index (χ3v) is 5.09. The van der Waals surface area contributed by atoms with Gasteiger partial charge in [0.1, 0.15) is 13.2 Å². The van der Waals surface area contributed by atoms with Crippen molar-refractivity contribution < 1.29 is 18.8 Å². The van der Waals surface area contributed by atoms with Crippen molar-refractivity contribution in [1.29, 1.82) is 0 Å². The maximum absolute atomic E-state index is 12.4. The van der Waals surface area contributed by atoms with Crippen LogP contribution in [-0.2, 0) is 22.5 Å². The molecule has 1 aromatic carbocycles. The van der Waals surface area contributed by atoms with Crippen molar-refractivity contribution in [2.24, 2.45) is 0 Å². The van der Waals surface area contributed by atoms with Gasteiger partial charge in [0, 0.05) is 31.9 Å². The molecule has 1 fully saturated rings. The number of amides is 2. The highest BCUT2D eigenvalue weighted by Gasteiger charge is 2.26. The third kappa shape index (κ3) is 5.58. The van der Waals surface area contributed by atoms with E-state index in [-0.39, 0.29) is 36.8 Å². The van der Waals surface area contributed by atoms with E-state index in [9.17, 15) is 9.59 Å². The summed E-state index contributed by atoms with van der Waals surface area (Å²) in [6.45, 7) is 3.72. The number of nitrogens with one attached hydrogen (secondary N) is 1. The highest BCUT2D eigenvalue weighted by atomic mass is 16.5. The summed E-state index contributed by atoms with van der Waals surface area (Å²) in [5.41, 5.74) is 2.42. The molecular formula is C22H25N5O4.